The largest absolute Gasteiger partial charge is 0.362 e. The Morgan fingerprint density at radius 1 is 1.35 bits per heavy atom. The third-order valence-corrected chi connectivity index (χ3v) is 4.08. The van der Waals surface area contributed by atoms with Gasteiger partial charge < -0.3 is 9.80 Å². The molecule has 0 radical (unpaired) electrons. The van der Waals surface area contributed by atoms with Crippen LogP contribution in [-0.4, -0.2) is 41.9 Å². The van der Waals surface area contributed by atoms with Crippen molar-refractivity contribution in [2.24, 2.45) is 0 Å². The summed E-state index contributed by atoms with van der Waals surface area (Å²) in [6, 6.07) is 5.24. The van der Waals surface area contributed by atoms with Crippen molar-refractivity contribution >= 4 is 39.9 Å². The number of amides is 1. The second-order valence-electron chi connectivity index (χ2n) is 4.61. The highest BCUT2D eigenvalue weighted by Crippen LogP contribution is 2.30. The number of carbonyl (C=O) groups excluding carboxylic acids is 1. The average molecular weight is 389 g/mol. The summed E-state index contributed by atoms with van der Waals surface area (Å²) >= 11 is 2.07. The van der Waals surface area contributed by atoms with Gasteiger partial charge in [-0.2, -0.15) is 0 Å². The maximum atomic E-state index is 11.6. The zero-order valence-corrected chi connectivity index (χ0v) is 13.4. The Balaban J connectivity index is 2.15. The first-order chi connectivity index (χ1) is 9.52. The van der Waals surface area contributed by atoms with Crippen LogP contribution in [0.2, 0.25) is 0 Å². The van der Waals surface area contributed by atoms with Gasteiger partial charge in [0.15, 0.2) is 0 Å². The number of hydrogen-bond acceptors (Lipinski definition) is 4. The van der Waals surface area contributed by atoms with Crippen molar-refractivity contribution in [2.75, 3.05) is 31.1 Å². The molecule has 108 valence electrons. The summed E-state index contributed by atoms with van der Waals surface area (Å²) in [5.74, 6) is 0.141. The molecule has 0 aromatic heterocycles. The van der Waals surface area contributed by atoms with E-state index in [1.165, 1.54) is 0 Å². The summed E-state index contributed by atoms with van der Waals surface area (Å²) in [6.07, 6.45) is 0.504. The van der Waals surface area contributed by atoms with Gasteiger partial charge in [0.2, 0.25) is 5.91 Å². The van der Waals surface area contributed by atoms with Crippen LogP contribution in [0.1, 0.15) is 13.3 Å². The molecule has 0 aliphatic carbocycles. The molecule has 0 unspecified atom stereocenters. The number of halogens is 1. The van der Waals surface area contributed by atoms with Crippen molar-refractivity contribution in [1.82, 2.24) is 4.90 Å². The second kappa shape index (κ2) is 6.38. The van der Waals surface area contributed by atoms with E-state index in [-0.39, 0.29) is 16.5 Å². The molecular weight excluding hydrogens is 373 g/mol. The monoisotopic (exact) mass is 389 g/mol. The Labute approximate surface area is 131 Å². The summed E-state index contributed by atoms with van der Waals surface area (Å²) in [6.45, 7) is 4.35. The number of rotatable bonds is 3. The number of nitrogens with zero attached hydrogens (tertiary/aromatic N) is 3. The number of nitro benzene ring substituents is 1. The predicted octanol–water partition coefficient (Wildman–Crippen LogP) is 2.26. The summed E-state index contributed by atoms with van der Waals surface area (Å²) in [4.78, 5) is 26.2. The molecule has 7 heteroatoms. The van der Waals surface area contributed by atoms with Gasteiger partial charge in [0.05, 0.1) is 4.92 Å². The zero-order chi connectivity index (χ0) is 14.7. The lowest BCUT2D eigenvalue weighted by Crippen LogP contribution is -2.48. The van der Waals surface area contributed by atoms with E-state index in [0.717, 1.165) is 3.57 Å². The van der Waals surface area contributed by atoms with Gasteiger partial charge in [-0.3, -0.25) is 14.9 Å². The second-order valence-corrected chi connectivity index (χ2v) is 5.86. The van der Waals surface area contributed by atoms with Crippen molar-refractivity contribution in [2.45, 2.75) is 13.3 Å². The Kier molecular flexibility index (Phi) is 4.79. The number of benzene rings is 1. The number of nitro groups is 1. The lowest BCUT2D eigenvalue weighted by atomic mass is 10.2. The maximum absolute atomic E-state index is 11.6. The summed E-state index contributed by atoms with van der Waals surface area (Å²) in [5, 5.41) is 11.1. The number of carbonyl (C=O) groups is 1. The molecule has 1 fully saturated rings. The summed E-state index contributed by atoms with van der Waals surface area (Å²) < 4.78 is 0.845. The fourth-order valence-corrected chi connectivity index (χ4v) is 2.81. The minimum atomic E-state index is -0.346. The molecule has 0 spiro atoms. The van der Waals surface area contributed by atoms with Gasteiger partial charge in [-0.25, -0.2) is 0 Å². The molecule has 6 nitrogen and oxygen atoms in total. The molecule has 1 aliphatic heterocycles. The van der Waals surface area contributed by atoms with E-state index in [1.54, 1.807) is 12.1 Å². The molecule has 1 aromatic rings. The molecule has 1 amide bonds. The minimum absolute atomic E-state index is 0.132. The van der Waals surface area contributed by atoms with Crippen LogP contribution in [0.5, 0.6) is 0 Å². The predicted molar refractivity (Wildman–Crippen MR) is 84.9 cm³/mol. The van der Waals surface area contributed by atoms with Crippen molar-refractivity contribution in [3.8, 4) is 0 Å². The first-order valence-corrected chi connectivity index (χ1v) is 7.57. The molecule has 1 saturated heterocycles. The third-order valence-electron chi connectivity index (χ3n) is 3.41. The van der Waals surface area contributed by atoms with Crippen LogP contribution in [0.3, 0.4) is 0 Å². The fourth-order valence-electron chi connectivity index (χ4n) is 2.33. The lowest BCUT2D eigenvalue weighted by molar-refractivity contribution is -0.384. The molecular formula is C13H16IN3O3. The van der Waals surface area contributed by atoms with Gasteiger partial charge in [-0.1, -0.05) is 6.92 Å². The van der Waals surface area contributed by atoms with Crippen molar-refractivity contribution in [3.63, 3.8) is 0 Å². The Morgan fingerprint density at radius 3 is 2.55 bits per heavy atom. The number of piperazine rings is 1. The highest BCUT2D eigenvalue weighted by Gasteiger charge is 2.25. The van der Waals surface area contributed by atoms with E-state index in [4.69, 9.17) is 0 Å². The summed E-state index contributed by atoms with van der Waals surface area (Å²) in [7, 11) is 0. The maximum Gasteiger partial charge on any atom is 0.293 e. The first-order valence-electron chi connectivity index (χ1n) is 6.49. The van der Waals surface area contributed by atoms with Gasteiger partial charge in [-0.15, -0.1) is 0 Å². The van der Waals surface area contributed by atoms with E-state index in [0.29, 0.717) is 38.3 Å². The van der Waals surface area contributed by atoms with Crippen LogP contribution in [0, 0.1) is 13.7 Å². The van der Waals surface area contributed by atoms with E-state index in [9.17, 15) is 14.9 Å². The molecule has 0 saturated carbocycles. The highest BCUT2D eigenvalue weighted by atomic mass is 127. The van der Waals surface area contributed by atoms with E-state index in [1.807, 2.05) is 22.8 Å². The van der Waals surface area contributed by atoms with Crippen molar-refractivity contribution in [3.05, 3.63) is 31.9 Å². The molecule has 0 bridgehead atoms. The lowest BCUT2D eigenvalue weighted by Gasteiger charge is -2.35. The molecule has 20 heavy (non-hydrogen) atoms. The smallest absolute Gasteiger partial charge is 0.293 e. The van der Waals surface area contributed by atoms with E-state index < -0.39 is 0 Å². The number of hydrogen-bond donors (Lipinski definition) is 0. The average Bonchev–Trinajstić information content (AvgIpc) is 2.46. The molecule has 1 heterocycles. The van der Waals surface area contributed by atoms with Gasteiger partial charge in [0.25, 0.3) is 5.69 Å². The molecule has 0 N–H and O–H groups in total. The Hall–Kier alpha value is -1.38. The zero-order valence-electron chi connectivity index (χ0n) is 11.2. The third kappa shape index (κ3) is 3.20. The fraction of sp³-hybridized carbons (Fsp3) is 0.462. The van der Waals surface area contributed by atoms with Crippen LogP contribution in [0.4, 0.5) is 11.4 Å². The van der Waals surface area contributed by atoms with Gasteiger partial charge >= 0.3 is 0 Å². The van der Waals surface area contributed by atoms with Crippen molar-refractivity contribution in [1.29, 1.82) is 0 Å². The Morgan fingerprint density at radius 2 is 2.00 bits per heavy atom. The molecule has 2 rings (SSSR count). The van der Waals surface area contributed by atoms with Crippen LogP contribution in [0.25, 0.3) is 0 Å². The van der Waals surface area contributed by atoms with Gasteiger partial charge in [-0.05, 0) is 34.7 Å². The van der Waals surface area contributed by atoms with Crippen LogP contribution >= 0.6 is 22.6 Å². The molecule has 1 aromatic carbocycles. The van der Waals surface area contributed by atoms with Crippen LogP contribution < -0.4 is 4.90 Å². The molecule has 1 aliphatic rings. The van der Waals surface area contributed by atoms with E-state index >= 15 is 0 Å². The summed E-state index contributed by atoms with van der Waals surface area (Å²) in [5.41, 5.74) is 0.770. The van der Waals surface area contributed by atoms with Gasteiger partial charge in [0.1, 0.15) is 5.69 Å². The quantitative estimate of drug-likeness (QED) is 0.452. The Bertz CT molecular complexity index is 528. The minimum Gasteiger partial charge on any atom is -0.362 e. The molecule has 0 atom stereocenters. The van der Waals surface area contributed by atoms with E-state index in [2.05, 4.69) is 22.6 Å². The topological polar surface area (TPSA) is 66.7 Å². The number of anilines is 1. The normalized spacial score (nSPS) is 15.3. The SMILES string of the molecule is CCC(=O)N1CCN(c2ccc(I)cc2[N+](=O)[O-])CC1. The highest BCUT2D eigenvalue weighted by molar-refractivity contribution is 14.1. The standard InChI is InChI=1S/C13H16IN3O3/c1-2-13(18)16-7-5-15(6-8-16)11-4-3-10(14)9-12(11)17(19)20/h3-4,9H,2,5-8H2,1H3. The first kappa shape index (κ1) is 15.0. The van der Waals surface area contributed by atoms with Crippen LogP contribution in [-0.2, 0) is 4.79 Å². The van der Waals surface area contributed by atoms with Crippen molar-refractivity contribution < 1.29 is 9.72 Å². The van der Waals surface area contributed by atoms with Crippen LogP contribution in [0.15, 0.2) is 18.2 Å². The van der Waals surface area contributed by atoms with Gasteiger partial charge in [0, 0.05) is 42.2 Å².